The molecule has 0 amide bonds. The van der Waals surface area contributed by atoms with E-state index in [1.54, 1.807) is 6.07 Å². The van der Waals surface area contributed by atoms with Crippen molar-refractivity contribution in [3.63, 3.8) is 0 Å². The topological polar surface area (TPSA) is 145 Å². The van der Waals surface area contributed by atoms with Crippen molar-refractivity contribution in [1.29, 1.82) is 26.3 Å². The predicted molar refractivity (Wildman–Crippen MR) is 117 cm³/mol. The Kier molecular flexibility index (Phi) is 5.25. The molecule has 0 atom stereocenters. The van der Waals surface area contributed by atoms with Crippen molar-refractivity contribution in [1.82, 2.24) is 10.2 Å². The number of nitriles is 5. The van der Waals surface area contributed by atoms with Gasteiger partial charge >= 0.3 is 0 Å². The molecule has 5 rings (SSSR count). The highest BCUT2D eigenvalue weighted by Gasteiger charge is 2.45. The molecule has 0 fully saturated rings. The maximum absolute atomic E-state index is 15.7. The number of benzene rings is 2. The fraction of sp³-hybridized carbons (Fsp3) is 0.0385. The summed E-state index contributed by atoms with van der Waals surface area (Å²) in [6.45, 7) is 1.14. The quantitative estimate of drug-likeness (QED) is 0.153. The van der Waals surface area contributed by atoms with E-state index in [0.29, 0.717) is 0 Å². The van der Waals surface area contributed by atoms with Crippen LogP contribution in [0.5, 0.6) is 0 Å². The summed E-state index contributed by atoms with van der Waals surface area (Å²) in [6, 6.07) is 6.89. The van der Waals surface area contributed by atoms with Crippen molar-refractivity contribution < 1.29 is 26.3 Å². The van der Waals surface area contributed by atoms with Gasteiger partial charge < -0.3 is 0 Å². The van der Waals surface area contributed by atoms with Crippen molar-refractivity contribution in [3.8, 4) is 52.7 Å². The summed E-state index contributed by atoms with van der Waals surface area (Å²) in [5, 5.41) is 54.7. The second-order valence-electron chi connectivity index (χ2n) is 8.09. The molecule has 184 valence electrons. The number of aromatic nitrogens is 2. The van der Waals surface area contributed by atoms with Crippen molar-refractivity contribution in [2.75, 3.05) is 0 Å². The molecular formula is C26H3F6N7. The summed E-state index contributed by atoms with van der Waals surface area (Å²) in [5.41, 5.74) is -11.3. The third-order valence-corrected chi connectivity index (χ3v) is 6.33. The lowest BCUT2D eigenvalue weighted by Crippen LogP contribution is -2.03. The zero-order chi connectivity index (χ0) is 28.5. The van der Waals surface area contributed by atoms with E-state index in [9.17, 15) is 35.1 Å². The highest BCUT2D eigenvalue weighted by molar-refractivity contribution is 6.13. The molecule has 0 bridgehead atoms. The van der Waals surface area contributed by atoms with Crippen LogP contribution in [0.25, 0.3) is 33.5 Å². The van der Waals surface area contributed by atoms with Gasteiger partial charge in [-0.1, -0.05) is 0 Å². The van der Waals surface area contributed by atoms with Gasteiger partial charge in [-0.05, 0) is 6.92 Å². The Balaban J connectivity index is 2.14. The highest BCUT2D eigenvalue weighted by atomic mass is 19.2. The van der Waals surface area contributed by atoms with Crippen LogP contribution in [0.1, 0.15) is 40.4 Å². The van der Waals surface area contributed by atoms with Gasteiger partial charge in [-0.3, -0.25) is 0 Å². The van der Waals surface area contributed by atoms with E-state index < -0.39 is 108 Å². The van der Waals surface area contributed by atoms with Crippen LogP contribution < -0.4 is 0 Å². The van der Waals surface area contributed by atoms with Gasteiger partial charge in [0.1, 0.15) is 52.4 Å². The minimum absolute atomic E-state index is 0.330. The Morgan fingerprint density at radius 3 is 1.49 bits per heavy atom. The van der Waals surface area contributed by atoms with Gasteiger partial charge in [0.2, 0.25) is 0 Å². The molecule has 0 saturated carbocycles. The Morgan fingerprint density at radius 2 is 1.00 bits per heavy atom. The molecule has 0 spiro atoms. The summed E-state index contributed by atoms with van der Waals surface area (Å²) >= 11 is 0. The van der Waals surface area contributed by atoms with Crippen LogP contribution in [-0.4, -0.2) is 10.2 Å². The highest BCUT2D eigenvalue weighted by Crippen LogP contribution is 2.57. The molecule has 0 saturated heterocycles. The molecule has 0 N–H and O–H groups in total. The molecule has 7 nitrogen and oxygen atoms in total. The lowest BCUT2D eigenvalue weighted by molar-refractivity contribution is 0.490. The van der Waals surface area contributed by atoms with Gasteiger partial charge in [0.15, 0.2) is 34.9 Å². The van der Waals surface area contributed by atoms with Gasteiger partial charge in [-0.15, -0.1) is 10.2 Å². The van der Waals surface area contributed by atoms with Crippen LogP contribution >= 0.6 is 0 Å². The average Bonchev–Trinajstić information content (AvgIpc) is 3.46. The maximum atomic E-state index is 15.7. The molecule has 0 radical (unpaired) electrons. The van der Waals surface area contributed by atoms with Crippen LogP contribution in [0.2, 0.25) is 0 Å². The molecule has 3 aromatic rings. The second-order valence-corrected chi connectivity index (χ2v) is 8.09. The Labute approximate surface area is 213 Å². The number of hydrogen-bond donors (Lipinski definition) is 0. The maximum Gasteiger partial charge on any atom is 0.180 e. The van der Waals surface area contributed by atoms with E-state index >= 15 is 17.6 Å². The van der Waals surface area contributed by atoms with Crippen molar-refractivity contribution in [3.05, 3.63) is 79.6 Å². The first-order valence-electron chi connectivity index (χ1n) is 10.4. The minimum atomic E-state index is -1.95. The molecule has 13 heteroatoms. The summed E-state index contributed by atoms with van der Waals surface area (Å²) in [7, 11) is 0. The fourth-order valence-corrected chi connectivity index (χ4v) is 4.77. The van der Waals surface area contributed by atoms with Gasteiger partial charge in [-0.2, -0.15) is 26.3 Å². The number of hydrogen-bond acceptors (Lipinski definition) is 7. The number of halogens is 6. The zero-order valence-corrected chi connectivity index (χ0v) is 18.9. The third-order valence-electron chi connectivity index (χ3n) is 6.33. The first-order valence-corrected chi connectivity index (χ1v) is 10.4. The molecule has 1 heterocycles. The first-order chi connectivity index (χ1) is 18.6. The van der Waals surface area contributed by atoms with Crippen molar-refractivity contribution >= 4 is 11.1 Å². The Morgan fingerprint density at radius 1 is 0.513 bits per heavy atom. The monoisotopic (exact) mass is 527 g/mol. The van der Waals surface area contributed by atoms with Gasteiger partial charge in [0, 0.05) is 44.5 Å². The molecule has 1 aromatic heterocycles. The lowest BCUT2D eigenvalue weighted by atomic mass is 9.92. The van der Waals surface area contributed by atoms with Gasteiger partial charge in [-0.25, -0.2) is 26.3 Å². The zero-order valence-electron chi connectivity index (χ0n) is 18.9. The van der Waals surface area contributed by atoms with Crippen LogP contribution in [0.3, 0.4) is 0 Å². The van der Waals surface area contributed by atoms with Crippen LogP contribution in [0, 0.1) is 91.6 Å². The van der Waals surface area contributed by atoms with E-state index in [-0.39, 0.29) is 5.57 Å². The fourth-order valence-electron chi connectivity index (χ4n) is 4.77. The molecule has 2 aliphatic rings. The first kappa shape index (κ1) is 24.7. The number of rotatable bonds is 0. The summed E-state index contributed by atoms with van der Waals surface area (Å²) < 4.78 is 91.1. The molecule has 0 unspecified atom stereocenters. The van der Waals surface area contributed by atoms with E-state index in [0.717, 1.165) is 13.0 Å². The molecule has 0 aliphatic heterocycles. The van der Waals surface area contributed by atoms with Crippen LogP contribution in [0.15, 0.2) is 11.1 Å². The van der Waals surface area contributed by atoms with Gasteiger partial charge in [0.25, 0.3) is 0 Å². The molecule has 2 aliphatic carbocycles. The minimum Gasteiger partial charge on any atom is -0.205 e. The predicted octanol–water partition coefficient (Wildman–Crippen LogP) is 5.21. The lowest BCUT2D eigenvalue weighted by Gasteiger charge is -2.11. The van der Waals surface area contributed by atoms with Crippen molar-refractivity contribution in [2.45, 2.75) is 6.92 Å². The molecule has 2 aromatic carbocycles. The van der Waals surface area contributed by atoms with Crippen LogP contribution in [-0.2, 0) is 0 Å². The second kappa shape index (κ2) is 8.28. The summed E-state index contributed by atoms with van der Waals surface area (Å²) in [4.78, 5) is 0. The third kappa shape index (κ3) is 2.83. The van der Waals surface area contributed by atoms with E-state index in [4.69, 9.17) is 0 Å². The van der Waals surface area contributed by atoms with E-state index in [1.807, 2.05) is 0 Å². The van der Waals surface area contributed by atoms with E-state index in [2.05, 4.69) is 10.2 Å². The summed E-state index contributed by atoms with van der Waals surface area (Å²) in [5.74, 6) is -10.7. The van der Waals surface area contributed by atoms with Crippen LogP contribution in [0.4, 0.5) is 26.3 Å². The Bertz CT molecular complexity index is 2020. The SMILES string of the molecule is C/C(C#N)=C1\c2nnc3c(c2-c2c(F)c(C#N)c(F)c(F)c21)C(=C(C#N)C#N)c1c(F)c(F)c(C#N)c(F)c1-3. The van der Waals surface area contributed by atoms with Gasteiger partial charge in [0.05, 0.1) is 11.6 Å². The largest absolute Gasteiger partial charge is 0.205 e. The molecule has 39 heavy (non-hydrogen) atoms. The number of fused-ring (bicyclic) bond motifs is 7. The normalized spacial score (nSPS) is 13.1. The van der Waals surface area contributed by atoms with Crippen molar-refractivity contribution in [2.24, 2.45) is 0 Å². The number of allylic oxidation sites excluding steroid dienone is 2. The standard InChI is InChI=1S/C26H3F6N7/c1-7(2-33)11-13-15(19(27)9(5-36)21(29)23(13)31)17-16-12(8(3-34)4-35)14-18(26(16)39-38-25(11)17)20(28)10(6-37)22(30)24(14)32/h1H3/b11-7+. The number of nitrogens with zero attached hydrogens (tertiary/aromatic N) is 7. The van der Waals surface area contributed by atoms with E-state index in [1.165, 1.54) is 18.2 Å². The summed E-state index contributed by atoms with van der Waals surface area (Å²) in [6.07, 6.45) is 0. The molecular weight excluding hydrogens is 524 g/mol. The Hall–Kier alpha value is -5.97. The average molecular weight is 527 g/mol. The smallest absolute Gasteiger partial charge is 0.180 e.